The normalized spacial score (nSPS) is 27.4. The summed E-state index contributed by atoms with van der Waals surface area (Å²) in [5.41, 5.74) is -0.343. The summed E-state index contributed by atoms with van der Waals surface area (Å²) in [4.78, 5) is 13.3. The SMILES string of the molecule is CC1(C)CCCC(C)(C#CCN2CCN(c3ncccn3)CC2)O1. The van der Waals surface area contributed by atoms with Gasteiger partial charge in [-0.2, -0.15) is 0 Å². The second kappa shape index (κ2) is 7.08. The quantitative estimate of drug-likeness (QED) is 0.780. The number of piperazine rings is 1. The predicted molar refractivity (Wildman–Crippen MR) is 95.9 cm³/mol. The standard InChI is InChI=1S/C19H28N4O/c1-18(2)7-4-8-19(3,24-18)9-5-12-22-13-15-23(16-14-22)17-20-10-6-11-21-17/h6,10-11H,4,7-8,12-16H2,1-3H3. The highest BCUT2D eigenvalue weighted by Crippen LogP contribution is 2.34. The summed E-state index contributed by atoms with van der Waals surface area (Å²) in [6.07, 6.45) is 6.93. The van der Waals surface area contributed by atoms with Crippen molar-refractivity contribution in [2.45, 2.75) is 51.2 Å². The molecule has 0 N–H and O–H groups in total. The molecule has 2 aliphatic heterocycles. The van der Waals surface area contributed by atoms with Gasteiger partial charge in [0.1, 0.15) is 5.60 Å². The van der Waals surface area contributed by atoms with E-state index in [0.717, 1.165) is 51.5 Å². The van der Waals surface area contributed by atoms with Crippen molar-refractivity contribution in [3.63, 3.8) is 0 Å². The number of anilines is 1. The van der Waals surface area contributed by atoms with Gasteiger partial charge in [0.15, 0.2) is 0 Å². The molecule has 2 saturated heterocycles. The minimum Gasteiger partial charge on any atom is -0.357 e. The number of aromatic nitrogens is 2. The highest BCUT2D eigenvalue weighted by Gasteiger charge is 2.35. The van der Waals surface area contributed by atoms with Crippen LogP contribution in [0.3, 0.4) is 0 Å². The minimum atomic E-state index is -0.290. The van der Waals surface area contributed by atoms with E-state index in [-0.39, 0.29) is 11.2 Å². The fourth-order valence-electron chi connectivity index (χ4n) is 3.55. The van der Waals surface area contributed by atoms with Crippen LogP contribution >= 0.6 is 0 Å². The van der Waals surface area contributed by atoms with Crippen molar-refractivity contribution in [2.75, 3.05) is 37.6 Å². The molecule has 2 aliphatic rings. The molecule has 0 saturated carbocycles. The first-order valence-corrected chi connectivity index (χ1v) is 8.90. The number of hydrogen-bond donors (Lipinski definition) is 0. The maximum Gasteiger partial charge on any atom is 0.225 e. The summed E-state index contributed by atoms with van der Waals surface area (Å²) in [6, 6.07) is 1.85. The van der Waals surface area contributed by atoms with Gasteiger partial charge in [-0.15, -0.1) is 0 Å². The lowest BCUT2D eigenvalue weighted by Gasteiger charge is -2.40. The van der Waals surface area contributed by atoms with Crippen LogP contribution in [0.25, 0.3) is 0 Å². The zero-order valence-corrected chi connectivity index (χ0v) is 15.1. The van der Waals surface area contributed by atoms with Gasteiger partial charge in [-0.3, -0.25) is 4.90 Å². The van der Waals surface area contributed by atoms with Gasteiger partial charge in [0.2, 0.25) is 5.95 Å². The van der Waals surface area contributed by atoms with Crippen LogP contribution < -0.4 is 4.90 Å². The molecule has 5 heteroatoms. The van der Waals surface area contributed by atoms with Gasteiger partial charge in [-0.05, 0) is 46.1 Å². The van der Waals surface area contributed by atoms with Crippen LogP contribution in [0.1, 0.15) is 40.0 Å². The molecule has 0 bridgehead atoms. The smallest absolute Gasteiger partial charge is 0.225 e. The molecule has 1 unspecified atom stereocenters. The fraction of sp³-hybridized carbons (Fsp3) is 0.684. The Balaban J connectivity index is 1.49. The Labute approximate surface area is 145 Å². The number of rotatable bonds is 2. The van der Waals surface area contributed by atoms with E-state index in [1.54, 1.807) is 12.4 Å². The van der Waals surface area contributed by atoms with Gasteiger partial charge >= 0.3 is 0 Å². The molecule has 5 nitrogen and oxygen atoms in total. The summed E-state index contributed by atoms with van der Waals surface area (Å²) in [5.74, 6) is 7.58. The lowest BCUT2D eigenvalue weighted by molar-refractivity contribution is -0.135. The van der Waals surface area contributed by atoms with Crippen molar-refractivity contribution >= 4 is 5.95 Å². The first kappa shape index (κ1) is 17.2. The van der Waals surface area contributed by atoms with Crippen molar-refractivity contribution < 1.29 is 4.74 Å². The second-order valence-electron chi connectivity index (χ2n) is 7.56. The molecule has 1 aromatic heterocycles. The largest absolute Gasteiger partial charge is 0.357 e. The molecule has 0 spiro atoms. The lowest BCUT2D eigenvalue weighted by Crippen LogP contribution is -2.47. The first-order valence-electron chi connectivity index (χ1n) is 8.90. The lowest BCUT2D eigenvalue weighted by atomic mass is 9.88. The molecule has 0 aromatic carbocycles. The molecular weight excluding hydrogens is 300 g/mol. The van der Waals surface area contributed by atoms with E-state index < -0.39 is 0 Å². The average molecular weight is 328 g/mol. The molecule has 0 amide bonds. The first-order chi connectivity index (χ1) is 11.5. The Morgan fingerprint density at radius 2 is 1.79 bits per heavy atom. The van der Waals surface area contributed by atoms with Crippen LogP contribution in [0.4, 0.5) is 5.95 Å². The van der Waals surface area contributed by atoms with E-state index in [9.17, 15) is 0 Å². The van der Waals surface area contributed by atoms with Crippen LogP contribution in [0.2, 0.25) is 0 Å². The number of hydrogen-bond acceptors (Lipinski definition) is 5. The third-order valence-corrected chi connectivity index (χ3v) is 4.80. The Morgan fingerprint density at radius 3 is 2.46 bits per heavy atom. The molecule has 2 fully saturated rings. The molecule has 1 aromatic rings. The van der Waals surface area contributed by atoms with E-state index in [0.29, 0.717) is 0 Å². The second-order valence-corrected chi connectivity index (χ2v) is 7.56. The maximum atomic E-state index is 6.21. The van der Waals surface area contributed by atoms with Crippen molar-refractivity contribution in [2.24, 2.45) is 0 Å². The molecule has 1 atom stereocenters. The zero-order valence-electron chi connectivity index (χ0n) is 15.1. The molecule has 3 heterocycles. The topological polar surface area (TPSA) is 41.5 Å². The van der Waals surface area contributed by atoms with Crippen molar-refractivity contribution in [1.82, 2.24) is 14.9 Å². The van der Waals surface area contributed by atoms with E-state index in [1.165, 1.54) is 6.42 Å². The van der Waals surface area contributed by atoms with Crippen LogP contribution in [0.15, 0.2) is 18.5 Å². The van der Waals surface area contributed by atoms with Crippen molar-refractivity contribution in [3.8, 4) is 11.8 Å². The molecule has 24 heavy (non-hydrogen) atoms. The minimum absolute atomic E-state index is 0.0526. The molecular formula is C19H28N4O. The number of nitrogens with zero attached hydrogens (tertiary/aromatic N) is 4. The summed E-state index contributed by atoms with van der Waals surface area (Å²) in [7, 11) is 0. The third kappa shape index (κ3) is 4.46. The van der Waals surface area contributed by atoms with E-state index >= 15 is 0 Å². The van der Waals surface area contributed by atoms with E-state index in [2.05, 4.69) is 52.4 Å². The van der Waals surface area contributed by atoms with Gasteiger partial charge in [-0.25, -0.2) is 9.97 Å². The van der Waals surface area contributed by atoms with Crippen LogP contribution in [0.5, 0.6) is 0 Å². The van der Waals surface area contributed by atoms with E-state index in [4.69, 9.17) is 4.74 Å². The monoisotopic (exact) mass is 328 g/mol. The molecule has 3 rings (SSSR count). The maximum absolute atomic E-state index is 6.21. The van der Waals surface area contributed by atoms with Gasteiger partial charge in [0, 0.05) is 38.6 Å². The summed E-state index contributed by atoms with van der Waals surface area (Å²) in [5, 5.41) is 0. The van der Waals surface area contributed by atoms with Gasteiger partial charge < -0.3 is 9.64 Å². The Bertz CT molecular complexity index is 599. The zero-order chi connectivity index (χ0) is 17.0. The van der Waals surface area contributed by atoms with Crippen LogP contribution in [0, 0.1) is 11.8 Å². The molecule has 0 radical (unpaired) electrons. The van der Waals surface area contributed by atoms with Crippen molar-refractivity contribution in [3.05, 3.63) is 18.5 Å². The Hall–Kier alpha value is -1.64. The third-order valence-electron chi connectivity index (χ3n) is 4.80. The Morgan fingerprint density at radius 1 is 1.08 bits per heavy atom. The summed E-state index contributed by atoms with van der Waals surface area (Å²) >= 11 is 0. The summed E-state index contributed by atoms with van der Waals surface area (Å²) < 4.78 is 6.21. The van der Waals surface area contributed by atoms with Crippen LogP contribution in [-0.4, -0.2) is 58.8 Å². The van der Waals surface area contributed by atoms with Crippen molar-refractivity contribution in [1.29, 1.82) is 0 Å². The van der Waals surface area contributed by atoms with Gasteiger partial charge in [0.05, 0.1) is 12.1 Å². The number of ether oxygens (including phenoxy) is 1. The van der Waals surface area contributed by atoms with E-state index in [1.807, 2.05) is 6.07 Å². The van der Waals surface area contributed by atoms with Gasteiger partial charge in [0.25, 0.3) is 0 Å². The highest BCUT2D eigenvalue weighted by atomic mass is 16.5. The van der Waals surface area contributed by atoms with Gasteiger partial charge in [-0.1, -0.05) is 11.8 Å². The average Bonchev–Trinajstić information content (AvgIpc) is 2.55. The Kier molecular flexibility index (Phi) is 5.07. The predicted octanol–water partition coefficient (Wildman–Crippen LogP) is 2.34. The summed E-state index contributed by atoms with van der Waals surface area (Å²) in [6.45, 7) is 11.2. The fourth-order valence-corrected chi connectivity index (χ4v) is 3.55. The van der Waals surface area contributed by atoms with Crippen LogP contribution in [-0.2, 0) is 4.74 Å². The highest BCUT2D eigenvalue weighted by molar-refractivity contribution is 5.29. The molecule has 130 valence electrons. The molecule has 0 aliphatic carbocycles.